The minimum absolute atomic E-state index is 0.132. The molecule has 0 aromatic heterocycles. The van der Waals surface area contributed by atoms with Gasteiger partial charge in [0.2, 0.25) is 5.91 Å². The number of hydrogen-bond donors (Lipinski definition) is 0. The molecule has 0 aliphatic rings. The summed E-state index contributed by atoms with van der Waals surface area (Å²) in [6, 6.07) is 7.60. The molecule has 0 saturated heterocycles. The maximum absolute atomic E-state index is 12.3. The SMILES string of the molecule is CCCOc1ccccc1/C=C/C(=O)N(CC)CCC(=O)OCC. The van der Waals surface area contributed by atoms with Crippen LogP contribution in [-0.4, -0.2) is 43.1 Å². The lowest BCUT2D eigenvalue weighted by Gasteiger charge is -2.18. The normalized spacial score (nSPS) is 10.6. The molecule has 0 spiro atoms. The summed E-state index contributed by atoms with van der Waals surface area (Å²) >= 11 is 0. The Kier molecular flexibility index (Phi) is 9.27. The molecule has 1 amide bonds. The smallest absolute Gasteiger partial charge is 0.307 e. The Balaban J connectivity index is 2.67. The van der Waals surface area contributed by atoms with Gasteiger partial charge in [-0.05, 0) is 32.4 Å². The summed E-state index contributed by atoms with van der Waals surface area (Å²) in [6.45, 7) is 7.58. The molecule has 0 radical (unpaired) electrons. The highest BCUT2D eigenvalue weighted by molar-refractivity contribution is 5.92. The second-order valence-electron chi connectivity index (χ2n) is 5.19. The van der Waals surface area contributed by atoms with Crippen molar-refractivity contribution >= 4 is 18.0 Å². The number of carbonyl (C=O) groups excluding carboxylic acids is 2. The van der Waals surface area contributed by atoms with Crippen LogP contribution in [0.1, 0.15) is 39.2 Å². The van der Waals surface area contributed by atoms with Gasteiger partial charge in [-0.3, -0.25) is 9.59 Å². The highest BCUT2D eigenvalue weighted by Crippen LogP contribution is 2.19. The largest absolute Gasteiger partial charge is 0.493 e. The average Bonchev–Trinajstić information content (AvgIpc) is 2.59. The standard InChI is InChI=1S/C19H27NO4/c1-4-15-24-17-10-8-7-9-16(17)11-12-18(21)20(5-2)14-13-19(22)23-6-3/h7-12H,4-6,13-15H2,1-3H3/b12-11+. The highest BCUT2D eigenvalue weighted by atomic mass is 16.5. The molecule has 132 valence electrons. The fraction of sp³-hybridized carbons (Fsp3) is 0.474. The lowest BCUT2D eigenvalue weighted by molar-refractivity contribution is -0.143. The van der Waals surface area contributed by atoms with Crippen LogP contribution in [0.2, 0.25) is 0 Å². The number of benzene rings is 1. The van der Waals surface area contributed by atoms with Gasteiger partial charge in [0.25, 0.3) is 0 Å². The number of esters is 1. The number of hydrogen-bond acceptors (Lipinski definition) is 4. The zero-order chi connectivity index (χ0) is 17.8. The predicted molar refractivity (Wildman–Crippen MR) is 94.8 cm³/mol. The zero-order valence-electron chi connectivity index (χ0n) is 14.8. The summed E-state index contributed by atoms with van der Waals surface area (Å²) in [5.74, 6) is 0.344. The molecule has 24 heavy (non-hydrogen) atoms. The molecule has 0 fully saturated rings. The summed E-state index contributed by atoms with van der Waals surface area (Å²) in [6.07, 6.45) is 4.40. The minimum Gasteiger partial charge on any atom is -0.493 e. The number of rotatable bonds is 10. The van der Waals surface area contributed by atoms with E-state index < -0.39 is 0 Å². The van der Waals surface area contributed by atoms with E-state index in [0.29, 0.717) is 26.3 Å². The number of carbonyl (C=O) groups is 2. The van der Waals surface area contributed by atoms with Gasteiger partial charge in [0, 0.05) is 24.7 Å². The minimum atomic E-state index is -0.286. The summed E-state index contributed by atoms with van der Waals surface area (Å²) in [4.78, 5) is 25.3. The van der Waals surface area contributed by atoms with Crippen LogP contribution in [0.4, 0.5) is 0 Å². The third kappa shape index (κ3) is 6.86. The Morgan fingerprint density at radius 1 is 1.17 bits per heavy atom. The van der Waals surface area contributed by atoms with Gasteiger partial charge in [-0.2, -0.15) is 0 Å². The zero-order valence-corrected chi connectivity index (χ0v) is 14.8. The predicted octanol–water partition coefficient (Wildman–Crippen LogP) is 3.29. The molecule has 5 heteroatoms. The van der Waals surface area contributed by atoms with Crippen LogP contribution in [0.15, 0.2) is 30.3 Å². The molecule has 0 saturated carbocycles. The van der Waals surface area contributed by atoms with Crippen molar-refractivity contribution in [3.63, 3.8) is 0 Å². The summed E-state index contributed by atoms with van der Waals surface area (Å²) in [5.41, 5.74) is 0.862. The van der Waals surface area contributed by atoms with E-state index in [2.05, 4.69) is 0 Å². The Hall–Kier alpha value is -2.30. The third-order valence-corrected chi connectivity index (χ3v) is 3.37. The van der Waals surface area contributed by atoms with Crippen molar-refractivity contribution in [1.29, 1.82) is 0 Å². The molecule has 0 bridgehead atoms. The number of ether oxygens (including phenoxy) is 2. The molecule has 0 aliphatic carbocycles. The van der Waals surface area contributed by atoms with Crippen molar-refractivity contribution in [2.75, 3.05) is 26.3 Å². The fourth-order valence-electron chi connectivity index (χ4n) is 2.11. The molecule has 0 unspecified atom stereocenters. The number of para-hydroxylation sites is 1. The first-order chi connectivity index (χ1) is 11.6. The molecular formula is C19H27NO4. The summed E-state index contributed by atoms with van der Waals surface area (Å²) < 4.78 is 10.6. The van der Waals surface area contributed by atoms with Gasteiger partial charge in [-0.15, -0.1) is 0 Å². The number of nitrogens with zero attached hydrogens (tertiary/aromatic N) is 1. The van der Waals surface area contributed by atoms with Crippen molar-refractivity contribution in [2.24, 2.45) is 0 Å². The van der Waals surface area contributed by atoms with Crippen molar-refractivity contribution in [2.45, 2.75) is 33.6 Å². The van der Waals surface area contributed by atoms with Crippen LogP contribution >= 0.6 is 0 Å². The second kappa shape index (κ2) is 11.3. The first kappa shape index (κ1) is 19.7. The van der Waals surface area contributed by atoms with E-state index in [9.17, 15) is 9.59 Å². The Morgan fingerprint density at radius 2 is 1.92 bits per heavy atom. The highest BCUT2D eigenvalue weighted by Gasteiger charge is 2.11. The first-order valence-electron chi connectivity index (χ1n) is 8.46. The summed E-state index contributed by atoms with van der Waals surface area (Å²) in [7, 11) is 0. The van der Waals surface area contributed by atoms with E-state index in [1.807, 2.05) is 38.1 Å². The van der Waals surface area contributed by atoms with Crippen LogP contribution in [0, 0.1) is 0 Å². The molecule has 1 rings (SSSR count). The summed E-state index contributed by atoms with van der Waals surface area (Å²) in [5, 5.41) is 0. The molecule has 0 atom stereocenters. The van der Waals surface area contributed by atoms with Gasteiger partial charge in [0.1, 0.15) is 5.75 Å². The van der Waals surface area contributed by atoms with E-state index in [1.54, 1.807) is 17.9 Å². The molecule has 0 N–H and O–H groups in total. The van der Waals surface area contributed by atoms with Crippen LogP contribution in [0.5, 0.6) is 5.75 Å². The molecule has 5 nitrogen and oxygen atoms in total. The first-order valence-corrected chi connectivity index (χ1v) is 8.46. The van der Waals surface area contributed by atoms with Crippen LogP contribution in [0.3, 0.4) is 0 Å². The van der Waals surface area contributed by atoms with Gasteiger partial charge in [0.05, 0.1) is 19.6 Å². The van der Waals surface area contributed by atoms with E-state index in [-0.39, 0.29) is 18.3 Å². The van der Waals surface area contributed by atoms with Crippen LogP contribution in [-0.2, 0) is 14.3 Å². The maximum Gasteiger partial charge on any atom is 0.307 e. The van der Waals surface area contributed by atoms with Crippen molar-refractivity contribution < 1.29 is 19.1 Å². The monoisotopic (exact) mass is 333 g/mol. The Morgan fingerprint density at radius 3 is 2.58 bits per heavy atom. The number of amides is 1. The van der Waals surface area contributed by atoms with Crippen molar-refractivity contribution in [3.8, 4) is 5.75 Å². The van der Waals surface area contributed by atoms with Gasteiger partial charge >= 0.3 is 5.97 Å². The van der Waals surface area contributed by atoms with Crippen molar-refractivity contribution in [1.82, 2.24) is 4.90 Å². The molecular weight excluding hydrogens is 306 g/mol. The van der Waals surface area contributed by atoms with E-state index in [4.69, 9.17) is 9.47 Å². The Labute approximate surface area is 144 Å². The average molecular weight is 333 g/mol. The Bertz CT molecular complexity index is 554. The molecule has 0 heterocycles. The van der Waals surface area contributed by atoms with Crippen molar-refractivity contribution in [3.05, 3.63) is 35.9 Å². The number of likely N-dealkylation sites (N-methyl/N-ethyl adjacent to an activating group) is 1. The molecule has 0 aliphatic heterocycles. The van der Waals surface area contributed by atoms with Gasteiger partial charge in [-0.1, -0.05) is 25.1 Å². The topological polar surface area (TPSA) is 55.8 Å². The van der Waals surface area contributed by atoms with Crippen LogP contribution in [0.25, 0.3) is 6.08 Å². The van der Waals surface area contributed by atoms with E-state index >= 15 is 0 Å². The van der Waals surface area contributed by atoms with E-state index in [0.717, 1.165) is 17.7 Å². The van der Waals surface area contributed by atoms with E-state index in [1.165, 1.54) is 6.08 Å². The fourth-order valence-corrected chi connectivity index (χ4v) is 2.11. The van der Waals surface area contributed by atoms with Crippen LogP contribution < -0.4 is 4.74 Å². The second-order valence-corrected chi connectivity index (χ2v) is 5.19. The van der Waals surface area contributed by atoms with Gasteiger partial charge in [0.15, 0.2) is 0 Å². The maximum atomic E-state index is 12.3. The molecule has 1 aromatic carbocycles. The lowest BCUT2D eigenvalue weighted by Crippen LogP contribution is -2.31. The third-order valence-electron chi connectivity index (χ3n) is 3.37. The van der Waals surface area contributed by atoms with Gasteiger partial charge in [-0.25, -0.2) is 0 Å². The van der Waals surface area contributed by atoms with Gasteiger partial charge < -0.3 is 14.4 Å². The lowest BCUT2D eigenvalue weighted by atomic mass is 10.2. The quantitative estimate of drug-likeness (QED) is 0.487. The molecule has 1 aromatic rings.